The van der Waals surface area contributed by atoms with Crippen molar-refractivity contribution in [2.45, 2.75) is 56.1 Å². The van der Waals surface area contributed by atoms with Gasteiger partial charge in [0, 0.05) is 12.6 Å². The molecular formula is C30H35N3O5S. The maximum atomic E-state index is 14.0. The van der Waals surface area contributed by atoms with E-state index in [9.17, 15) is 18.0 Å². The SMILES string of the molecule is COc1ccccc1N(CC(=O)N(Cc1ccccc1)[C@H](C)C(=O)NC1CCCC1)S(=O)(=O)c1ccccc1. The third kappa shape index (κ3) is 6.78. The van der Waals surface area contributed by atoms with Crippen LogP contribution in [-0.4, -0.2) is 50.9 Å². The number of benzene rings is 3. The van der Waals surface area contributed by atoms with Crippen LogP contribution < -0.4 is 14.4 Å². The molecule has 1 atom stereocenters. The van der Waals surface area contributed by atoms with Crippen molar-refractivity contribution in [3.05, 3.63) is 90.5 Å². The van der Waals surface area contributed by atoms with E-state index in [2.05, 4.69) is 5.32 Å². The minimum Gasteiger partial charge on any atom is -0.495 e. The van der Waals surface area contributed by atoms with Gasteiger partial charge >= 0.3 is 0 Å². The maximum absolute atomic E-state index is 14.0. The summed E-state index contributed by atoms with van der Waals surface area (Å²) in [5.74, 6) is -0.439. The number of nitrogens with one attached hydrogen (secondary N) is 1. The Hall–Kier alpha value is -3.85. The van der Waals surface area contributed by atoms with E-state index >= 15 is 0 Å². The molecule has 3 aromatic rings. The summed E-state index contributed by atoms with van der Waals surface area (Å²) in [5.41, 5.74) is 1.07. The number of carbonyl (C=O) groups excluding carboxylic acids is 2. The van der Waals surface area contributed by atoms with Gasteiger partial charge in [0.1, 0.15) is 18.3 Å². The Morgan fingerprint density at radius 3 is 2.15 bits per heavy atom. The molecule has 0 heterocycles. The first-order chi connectivity index (χ1) is 18.8. The van der Waals surface area contributed by atoms with Crippen molar-refractivity contribution in [1.29, 1.82) is 0 Å². The normalized spacial score (nSPS) is 14.4. The molecule has 0 aliphatic heterocycles. The molecule has 0 unspecified atom stereocenters. The van der Waals surface area contributed by atoms with E-state index in [1.54, 1.807) is 49.4 Å². The molecule has 8 nitrogen and oxygen atoms in total. The molecule has 0 radical (unpaired) electrons. The van der Waals surface area contributed by atoms with Crippen LogP contribution >= 0.6 is 0 Å². The molecule has 1 aliphatic carbocycles. The van der Waals surface area contributed by atoms with Gasteiger partial charge in [-0.15, -0.1) is 0 Å². The summed E-state index contributed by atoms with van der Waals surface area (Å²) in [5, 5.41) is 3.07. The summed E-state index contributed by atoms with van der Waals surface area (Å²) in [4.78, 5) is 28.7. The third-order valence-electron chi connectivity index (χ3n) is 7.03. The number of rotatable bonds is 11. The number of hydrogen-bond acceptors (Lipinski definition) is 5. The number of ether oxygens (including phenoxy) is 1. The van der Waals surface area contributed by atoms with Crippen molar-refractivity contribution in [2.24, 2.45) is 0 Å². The van der Waals surface area contributed by atoms with Gasteiger partial charge in [-0.25, -0.2) is 8.42 Å². The zero-order chi connectivity index (χ0) is 27.8. The first kappa shape index (κ1) is 28.2. The number of para-hydroxylation sites is 2. The molecule has 39 heavy (non-hydrogen) atoms. The first-order valence-corrected chi connectivity index (χ1v) is 14.6. The Bertz CT molecular complexity index is 1360. The lowest BCUT2D eigenvalue weighted by Gasteiger charge is -2.32. The van der Waals surface area contributed by atoms with E-state index in [1.165, 1.54) is 24.1 Å². The van der Waals surface area contributed by atoms with Crippen LogP contribution in [0.1, 0.15) is 38.2 Å². The van der Waals surface area contributed by atoms with Gasteiger partial charge in [0.15, 0.2) is 0 Å². The van der Waals surface area contributed by atoms with Crippen molar-refractivity contribution in [1.82, 2.24) is 10.2 Å². The number of amides is 2. The van der Waals surface area contributed by atoms with Crippen LogP contribution in [0.25, 0.3) is 0 Å². The quantitative estimate of drug-likeness (QED) is 0.383. The molecule has 4 rings (SSSR count). The zero-order valence-electron chi connectivity index (χ0n) is 22.3. The van der Waals surface area contributed by atoms with E-state index in [0.29, 0.717) is 5.75 Å². The van der Waals surface area contributed by atoms with Gasteiger partial charge in [-0.2, -0.15) is 0 Å². The Kier molecular flexibility index (Phi) is 9.24. The minimum absolute atomic E-state index is 0.0466. The van der Waals surface area contributed by atoms with Crippen LogP contribution in [0, 0.1) is 0 Å². The van der Waals surface area contributed by atoms with Gasteiger partial charge in [-0.05, 0) is 49.6 Å². The summed E-state index contributed by atoms with van der Waals surface area (Å²) in [7, 11) is -2.70. The van der Waals surface area contributed by atoms with E-state index in [-0.39, 0.29) is 29.1 Å². The van der Waals surface area contributed by atoms with Crippen LogP contribution in [0.15, 0.2) is 89.8 Å². The topological polar surface area (TPSA) is 96.0 Å². The highest BCUT2D eigenvalue weighted by Gasteiger charge is 2.34. The maximum Gasteiger partial charge on any atom is 0.264 e. The van der Waals surface area contributed by atoms with Crippen LogP contribution in [0.5, 0.6) is 5.75 Å². The van der Waals surface area contributed by atoms with Gasteiger partial charge in [-0.3, -0.25) is 13.9 Å². The van der Waals surface area contributed by atoms with Crippen LogP contribution in [0.3, 0.4) is 0 Å². The monoisotopic (exact) mass is 549 g/mol. The van der Waals surface area contributed by atoms with Gasteiger partial charge in [0.05, 0.1) is 17.7 Å². The van der Waals surface area contributed by atoms with E-state index in [0.717, 1.165) is 35.6 Å². The average Bonchev–Trinajstić information content (AvgIpc) is 3.48. The van der Waals surface area contributed by atoms with Crippen molar-refractivity contribution in [3.63, 3.8) is 0 Å². The summed E-state index contributed by atoms with van der Waals surface area (Å²) in [6.45, 7) is 1.33. The molecule has 9 heteroatoms. The van der Waals surface area contributed by atoms with E-state index in [1.807, 2.05) is 30.3 Å². The number of carbonyl (C=O) groups is 2. The highest BCUT2D eigenvalue weighted by atomic mass is 32.2. The highest BCUT2D eigenvalue weighted by Crippen LogP contribution is 2.32. The molecule has 1 N–H and O–H groups in total. The van der Waals surface area contributed by atoms with Gasteiger partial charge in [-0.1, -0.05) is 73.5 Å². The van der Waals surface area contributed by atoms with Gasteiger partial charge in [0.2, 0.25) is 11.8 Å². The lowest BCUT2D eigenvalue weighted by Crippen LogP contribution is -2.52. The van der Waals surface area contributed by atoms with Crippen LogP contribution in [-0.2, 0) is 26.2 Å². The zero-order valence-corrected chi connectivity index (χ0v) is 23.1. The average molecular weight is 550 g/mol. The Balaban J connectivity index is 1.69. The predicted octanol–water partition coefficient (Wildman–Crippen LogP) is 4.37. The first-order valence-electron chi connectivity index (χ1n) is 13.2. The molecule has 1 fully saturated rings. The fourth-order valence-electron chi connectivity index (χ4n) is 4.82. The lowest BCUT2D eigenvalue weighted by molar-refractivity contribution is -0.139. The smallest absolute Gasteiger partial charge is 0.264 e. The molecule has 0 spiro atoms. The van der Waals surface area contributed by atoms with Crippen LogP contribution in [0.4, 0.5) is 5.69 Å². The highest BCUT2D eigenvalue weighted by molar-refractivity contribution is 7.92. The van der Waals surface area contributed by atoms with Crippen molar-refractivity contribution in [2.75, 3.05) is 18.0 Å². The molecule has 3 aromatic carbocycles. The number of anilines is 1. The Morgan fingerprint density at radius 2 is 1.51 bits per heavy atom. The third-order valence-corrected chi connectivity index (χ3v) is 8.80. The van der Waals surface area contributed by atoms with E-state index in [4.69, 9.17) is 4.74 Å². The molecule has 0 saturated heterocycles. The standard InChI is InChI=1S/C30H35N3O5S/c1-23(30(35)31-25-15-9-10-16-25)32(21-24-13-5-3-6-14-24)29(34)22-33(27-19-11-12-20-28(27)38-2)39(36,37)26-17-7-4-8-18-26/h3-8,11-14,17-20,23,25H,9-10,15-16,21-22H2,1-2H3,(H,31,35)/t23-/m1/s1. The minimum atomic E-state index is -4.15. The summed E-state index contributed by atoms with van der Waals surface area (Å²) >= 11 is 0. The lowest BCUT2D eigenvalue weighted by atomic mass is 10.1. The molecule has 1 aliphatic rings. The molecule has 2 amide bonds. The van der Waals surface area contributed by atoms with Gasteiger partial charge < -0.3 is 15.0 Å². The van der Waals surface area contributed by atoms with Crippen molar-refractivity contribution >= 4 is 27.5 Å². The largest absolute Gasteiger partial charge is 0.495 e. The fourth-order valence-corrected chi connectivity index (χ4v) is 6.27. The molecule has 1 saturated carbocycles. The summed E-state index contributed by atoms with van der Waals surface area (Å²) in [6, 6.07) is 23.3. The number of sulfonamides is 1. The second-order valence-corrected chi connectivity index (χ2v) is 11.5. The fraction of sp³-hybridized carbons (Fsp3) is 0.333. The van der Waals surface area contributed by atoms with Crippen molar-refractivity contribution < 1.29 is 22.7 Å². The molecule has 206 valence electrons. The molecular weight excluding hydrogens is 514 g/mol. The summed E-state index contributed by atoms with van der Waals surface area (Å²) < 4.78 is 34.3. The number of nitrogens with zero attached hydrogens (tertiary/aromatic N) is 2. The number of hydrogen-bond donors (Lipinski definition) is 1. The Morgan fingerprint density at radius 1 is 0.923 bits per heavy atom. The molecule has 0 aromatic heterocycles. The molecule has 0 bridgehead atoms. The van der Waals surface area contributed by atoms with Gasteiger partial charge in [0.25, 0.3) is 10.0 Å². The number of methoxy groups -OCH3 is 1. The Labute approximate surface area is 230 Å². The van der Waals surface area contributed by atoms with Crippen LogP contribution in [0.2, 0.25) is 0 Å². The second-order valence-electron chi connectivity index (χ2n) is 9.67. The summed E-state index contributed by atoms with van der Waals surface area (Å²) in [6.07, 6.45) is 3.97. The second kappa shape index (κ2) is 12.8. The predicted molar refractivity (Wildman–Crippen MR) is 151 cm³/mol. The van der Waals surface area contributed by atoms with Crippen molar-refractivity contribution in [3.8, 4) is 5.75 Å². The van der Waals surface area contributed by atoms with E-state index < -0.39 is 28.5 Å².